The van der Waals surface area contributed by atoms with Crippen LogP contribution in [-0.2, 0) is 0 Å². The molecule has 4 N–H and O–H groups in total. The molecule has 0 amide bonds. The van der Waals surface area contributed by atoms with Crippen LogP contribution in [0.25, 0.3) is 11.3 Å². The van der Waals surface area contributed by atoms with E-state index in [1.165, 1.54) is 41.7 Å². The lowest BCUT2D eigenvalue weighted by molar-refractivity contribution is 0.449. The first-order chi connectivity index (χ1) is 11.1. The molecule has 2 aromatic carbocycles. The van der Waals surface area contributed by atoms with Gasteiger partial charge >= 0.3 is 0 Å². The highest BCUT2D eigenvalue weighted by atomic mass is 32.1. The summed E-state index contributed by atoms with van der Waals surface area (Å²) in [6.45, 7) is 0. The molecule has 3 rings (SSSR count). The van der Waals surface area contributed by atoms with Crippen molar-refractivity contribution in [2.75, 3.05) is 0 Å². The molecule has 3 aromatic rings. The second-order valence-electron chi connectivity index (χ2n) is 4.55. The molecule has 0 aliphatic carbocycles. The van der Waals surface area contributed by atoms with Crippen LogP contribution in [0.3, 0.4) is 0 Å². The molecule has 1 aromatic heterocycles. The monoisotopic (exact) mass is 329 g/mol. The van der Waals surface area contributed by atoms with Crippen molar-refractivity contribution in [2.24, 2.45) is 10.2 Å². The van der Waals surface area contributed by atoms with E-state index < -0.39 is 0 Å². The van der Waals surface area contributed by atoms with Crippen LogP contribution >= 0.6 is 11.3 Å². The number of aromatic nitrogens is 1. The SMILES string of the molecule is Oc1cccc(O)c1N=Nc1c(O)ccc(-c2cscn2)c1O. The van der Waals surface area contributed by atoms with Gasteiger partial charge in [0, 0.05) is 10.9 Å². The zero-order valence-electron chi connectivity index (χ0n) is 11.6. The molecule has 0 radical (unpaired) electrons. The first-order valence-electron chi connectivity index (χ1n) is 6.44. The summed E-state index contributed by atoms with van der Waals surface area (Å²) in [5, 5.41) is 48.7. The van der Waals surface area contributed by atoms with E-state index in [0.29, 0.717) is 11.3 Å². The minimum absolute atomic E-state index is 0.162. The Labute approximate surface area is 134 Å². The highest BCUT2D eigenvalue weighted by Gasteiger charge is 2.15. The van der Waals surface area contributed by atoms with Crippen LogP contribution in [0.2, 0.25) is 0 Å². The number of thiazole rings is 1. The lowest BCUT2D eigenvalue weighted by Crippen LogP contribution is -1.80. The van der Waals surface area contributed by atoms with Gasteiger partial charge in [-0.25, -0.2) is 4.98 Å². The normalized spacial score (nSPS) is 11.1. The maximum absolute atomic E-state index is 10.3. The van der Waals surface area contributed by atoms with Gasteiger partial charge in [0.2, 0.25) is 0 Å². The van der Waals surface area contributed by atoms with Crippen molar-refractivity contribution in [3.8, 4) is 34.3 Å². The summed E-state index contributed by atoms with van der Waals surface area (Å²) in [5.74, 6) is -1.14. The fourth-order valence-corrected chi connectivity index (χ4v) is 2.49. The number of aromatic hydroxyl groups is 4. The van der Waals surface area contributed by atoms with Crippen LogP contribution in [0.15, 0.2) is 51.5 Å². The number of hydrogen-bond acceptors (Lipinski definition) is 8. The highest BCUT2D eigenvalue weighted by Crippen LogP contribution is 2.45. The summed E-state index contributed by atoms with van der Waals surface area (Å²) in [6.07, 6.45) is 0. The Balaban J connectivity index is 2.07. The topological polar surface area (TPSA) is 119 Å². The van der Waals surface area contributed by atoms with Crippen molar-refractivity contribution >= 4 is 22.7 Å². The lowest BCUT2D eigenvalue weighted by Gasteiger charge is -2.06. The standard InChI is InChI=1S/C15H11N3O4S/c19-10-2-1-3-11(20)13(10)17-18-14-12(21)5-4-8(15(14)22)9-6-23-7-16-9/h1-7,19-22H. The zero-order valence-corrected chi connectivity index (χ0v) is 12.4. The number of phenolic OH excluding ortho intramolecular Hbond substituents is 4. The van der Waals surface area contributed by atoms with Gasteiger partial charge in [-0.2, -0.15) is 0 Å². The molecule has 1 heterocycles. The molecule has 0 spiro atoms. The van der Waals surface area contributed by atoms with E-state index in [1.807, 2.05) is 0 Å². The molecule has 116 valence electrons. The van der Waals surface area contributed by atoms with Crippen LogP contribution in [0.4, 0.5) is 11.4 Å². The molecule has 0 atom stereocenters. The number of hydrogen-bond donors (Lipinski definition) is 4. The molecule has 23 heavy (non-hydrogen) atoms. The summed E-state index contributed by atoms with van der Waals surface area (Å²) in [6, 6.07) is 6.98. The smallest absolute Gasteiger partial charge is 0.170 e. The number of rotatable bonds is 3. The third kappa shape index (κ3) is 2.79. The van der Waals surface area contributed by atoms with E-state index in [9.17, 15) is 20.4 Å². The number of azo groups is 1. The van der Waals surface area contributed by atoms with Gasteiger partial charge in [-0.1, -0.05) is 6.07 Å². The number of nitrogens with zero attached hydrogens (tertiary/aromatic N) is 3. The average Bonchev–Trinajstić information content (AvgIpc) is 3.03. The Morgan fingerprint density at radius 2 is 1.48 bits per heavy atom. The maximum atomic E-state index is 10.3. The molecule has 7 nitrogen and oxygen atoms in total. The van der Waals surface area contributed by atoms with E-state index >= 15 is 0 Å². The number of benzene rings is 2. The predicted octanol–water partition coefficient (Wildman–Crippen LogP) is 4.05. The van der Waals surface area contributed by atoms with E-state index in [2.05, 4.69) is 15.2 Å². The Morgan fingerprint density at radius 3 is 2.13 bits per heavy atom. The first kappa shape index (κ1) is 14.8. The fourth-order valence-electron chi connectivity index (χ4n) is 1.94. The minimum Gasteiger partial charge on any atom is -0.505 e. The third-order valence-electron chi connectivity index (χ3n) is 3.08. The minimum atomic E-state index is -0.297. The molecule has 0 aliphatic heterocycles. The Kier molecular flexibility index (Phi) is 3.82. The Bertz CT molecular complexity index is 858. The van der Waals surface area contributed by atoms with Crippen molar-refractivity contribution in [1.29, 1.82) is 0 Å². The van der Waals surface area contributed by atoms with Gasteiger partial charge in [0.15, 0.2) is 17.1 Å². The molecule has 0 saturated heterocycles. The molecule has 0 unspecified atom stereocenters. The number of phenols is 4. The molecule has 0 bridgehead atoms. The van der Waals surface area contributed by atoms with Gasteiger partial charge in [-0.05, 0) is 24.3 Å². The van der Waals surface area contributed by atoms with Crippen molar-refractivity contribution in [3.63, 3.8) is 0 Å². The van der Waals surface area contributed by atoms with Gasteiger partial charge in [-0.3, -0.25) is 0 Å². The molecule has 8 heteroatoms. The van der Waals surface area contributed by atoms with Crippen LogP contribution < -0.4 is 0 Å². The quantitative estimate of drug-likeness (QED) is 0.541. The van der Waals surface area contributed by atoms with E-state index in [-0.39, 0.29) is 34.4 Å². The Hall–Kier alpha value is -3.13. The van der Waals surface area contributed by atoms with Crippen molar-refractivity contribution in [1.82, 2.24) is 4.98 Å². The first-order valence-corrected chi connectivity index (χ1v) is 7.38. The van der Waals surface area contributed by atoms with Gasteiger partial charge in [0.05, 0.1) is 11.2 Å². The van der Waals surface area contributed by atoms with Crippen molar-refractivity contribution < 1.29 is 20.4 Å². The van der Waals surface area contributed by atoms with E-state index in [0.717, 1.165) is 0 Å². The summed E-state index contributed by atoms with van der Waals surface area (Å²) < 4.78 is 0. The second-order valence-corrected chi connectivity index (χ2v) is 5.27. The van der Waals surface area contributed by atoms with Crippen molar-refractivity contribution in [2.45, 2.75) is 0 Å². The predicted molar refractivity (Wildman–Crippen MR) is 84.8 cm³/mol. The van der Waals surface area contributed by atoms with Crippen LogP contribution in [0.1, 0.15) is 0 Å². The summed E-state index contributed by atoms with van der Waals surface area (Å²) >= 11 is 1.36. The van der Waals surface area contributed by atoms with Crippen LogP contribution in [0.5, 0.6) is 23.0 Å². The van der Waals surface area contributed by atoms with Crippen molar-refractivity contribution in [3.05, 3.63) is 41.2 Å². The summed E-state index contributed by atoms with van der Waals surface area (Å²) in [7, 11) is 0. The second kappa shape index (κ2) is 5.93. The average molecular weight is 329 g/mol. The molecule has 0 saturated carbocycles. The molecular weight excluding hydrogens is 318 g/mol. The summed E-state index contributed by atoms with van der Waals surface area (Å²) in [5.41, 5.74) is 2.19. The zero-order chi connectivity index (χ0) is 16.4. The highest BCUT2D eigenvalue weighted by molar-refractivity contribution is 7.07. The van der Waals surface area contributed by atoms with Gasteiger partial charge in [0.25, 0.3) is 0 Å². The van der Waals surface area contributed by atoms with Gasteiger partial charge in [0.1, 0.15) is 17.2 Å². The lowest BCUT2D eigenvalue weighted by atomic mass is 10.1. The largest absolute Gasteiger partial charge is 0.505 e. The van der Waals surface area contributed by atoms with E-state index in [4.69, 9.17) is 0 Å². The fraction of sp³-hybridized carbons (Fsp3) is 0. The van der Waals surface area contributed by atoms with Crippen LogP contribution in [-0.4, -0.2) is 25.4 Å². The van der Waals surface area contributed by atoms with Gasteiger partial charge in [-0.15, -0.1) is 21.6 Å². The van der Waals surface area contributed by atoms with Gasteiger partial charge < -0.3 is 20.4 Å². The summed E-state index contributed by atoms with van der Waals surface area (Å²) in [4.78, 5) is 4.09. The molecular formula is C15H11N3O4S. The molecule has 0 fully saturated rings. The van der Waals surface area contributed by atoms with E-state index in [1.54, 1.807) is 10.9 Å². The maximum Gasteiger partial charge on any atom is 0.170 e. The van der Waals surface area contributed by atoms with Crippen LogP contribution in [0, 0.1) is 0 Å². The Morgan fingerprint density at radius 1 is 0.826 bits per heavy atom. The molecule has 0 aliphatic rings. The third-order valence-corrected chi connectivity index (χ3v) is 3.67.